The van der Waals surface area contributed by atoms with Gasteiger partial charge in [-0.25, -0.2) is 0 Å². The fraction of sp³-hybridized carbons (Fsp3) is 0.923. The second kappa shape index (κ2) is 7.66. The van der Waals surface area contributed by atoms with E-state index in [2.05, 4.69) is 24.5 Å². The van der Waals surface area contributed by atoms with Crippen molar-refractivity contribution in [2.24, 2.45) is 0 Å². The summed E-state index contributed by atoms with van der Waals surface area (Å²) < 4.78 is 0. The standard InChI is InChI=1S/C13H26N2O/c1-3-11(4-2)14-10-13(16)15-12-8-6-5-7-9-12/h11-12,14H,3-10H2,1-2H3,(H,15,16). The van der Waals surface area contributed by atoms with Crippen molar-refractivity contribution in [3.05, 3.63) is 0 Å². The van der Waals surface area contributed by atoms with Crippen molar-refractivity contribution in [3.63, 3.8) is 0 Å². The van der Waals surface area contributed by atoms with Crippen LogP contribution in [0.1, 0.15) is 58.8 Å². The monoisotopic (exact) mass is 226 g/mol. The van der Waals surface area contributed by atoms with Crippen LogP contribution in [-0.2, 0) is 4.79 Å². The maximum absolute atomic E-state index is 11.7. The van der Waals surface area contributed by atoms with E-state index in [0.717, 1.165) is 25.7 Å². The molecule has 0 saturated heterocycles. The van der Waals surface area contributed by atoms with Crippen LogP contribution in [0.15, 0.2) is 0 Å². The summed E-state index contributed by atoms with van der Waals surface area (Å²) in [7, 11) is 0. The quantitative estimate of drug-likeness (QED) is 0.729. The first kappa shape index (κ1) is 13.5. The van der Waals surface area contributed by atoms with Gasteiger partial charge in [-0.05, 0) is 25.7 Å². The van der Waals surface area contributed by atoms with E-state index in [0.29, 0.717) is 18.6 Å². The van der Waals surface area contributed by atoms with Crippen molar-refractivity contribution < 1.29 is 4.79 Å². The van der Waals surface area contributed by atoms with Gasteiger partial charge in [0, 0.05) is 12.1 Å². The van der Waals surface area contributed by atoms with Crippen LogP contribution in [0.3, 0.4) is 0 Å². The van der Waals surface area contributed by atoms with E-state index in [1.807, 2.05) is 0 Å². The van der Waals surface area contributed by atoms with Crippen LogP contribution in [0.4, 0.5) is 0 Å². The second-order valence-electron chi connectivity index (χ2n) is 4.80. The topological polar surface area (TPSA) is 41.1 Å². The van der Waals surface area contributed by atoms with E-state index in [9.17, 15) is 4.79 Å². The summed E-state index contributed by atoms with van der Waals surface area (Å²) in [4.78, 5) is 11.7. The van der Waals surface area contributed by atoms with E-state index in [-0.39, 0.29) is 5.91 Å². The number of hydrogen-bond acceptors (Lipinski definition) is 2. The Bertz CT molecular complexity index is 196. The molecule has 0 aromatic rings. The van der Waals surface area contributed by atoms with Crippen LogP contribution in [0, 0.1) is 0 Å². The molecule has 0 heterocycles. The zero-order chi connectivity index (χ0) is 11.8. The molecule has 1 aliphatic rings. The third-order valence-corrected chi connectivity index (χ3v) is 3.51. The van der Waals surface area contributed by atoms with Crippen LogP contribution >= 0.6 is 0 Å². The minimum atomic E-state index is 0.166. The molecule has 1 fully saturated rings. The Morgan fingerprint density at radius 1 is 1.19 bits per heavy atom. The van der Waals surface area contributed by atoms with E-state index < -0.39 is 0 Å². The summed E-state index contributed by atoms with van der Waals surface area (Å²) in [6, 6.07) is 0.918. The first-order chi connectivity index (χ1) is 7.76. The van der Waals surface area contributed by atoms with Gasteiger partial charge in [0.2, 0.25) is 5.91 Å². The van der Waals surface area contributed by atoms with E-state index in [4.69, 9.17) is 0 Å². The smallest absolute Gasteiger partial charge is 0.234 e. The third-order valence-electron chi connectivity index (χ3n) is 3.51. The van der Waals surface area contributed by atoms with Crippen LogP contribution in [0.25, 0.3) is 0 Å². The number of rotatable bonds is 6. The number of carbonyl (C=O) groups excluding carboxylic acids is 1. The predicted octanol–water partition coefficient (Wildman–Crippen LogP) is 2.21. The summed E-state index contributed by atoms with van der Waals surface area (Å²) in [5.74, 6) is 0.166. The molecular formula is C13H26N2O. The molecule has 0 bridgehead atoms. The molecule has 2 N–H and O–H groups in total. The minimum absolute atomic E-state index is 0.166. The number of carbonyl (C=O) groups is 1. The lowest BCUT2D eigenvalue weighted by Gasteiger charge is -2.23. The summed E-state index contributed by atoms with van der Waals surface area (Å²) in [5.41, 5.74) is 0. The molecule has 1 rings (SSSR count). The molecule has 1 saturated carbocycles. The Kier molecular flexibility index (Phi) is 6.46. The largest absolute Gasteiger partial charge is 0.352 e. The van der Waals surface area contributed by atoms with Gasteiger partial charge >= 0.3 is 0 Å². The molecule has 3 nitrogen and oxygen atoms in total. The SMILES string of the molecule is CCC(CC)NCC(=O)NC1CCCCC1. The zero-order valence-electron chi connectivity index (χ0n) is 10.7. The van der Waals surface area contributed by atoms with Crippen molar-refractivity contribution in [2.45, 2.75) is 70.9 Å². The molecule has 3 heteroatoms. The number of hydrogen-bond donors (Lipinski definition) is 2. The highest BCUT2D eigenvalue weighted by atomic mass is 16.1. The maximum Gasteiger partial charge on any atom is 0.234 e. The van der Waals surface area contributed by atoms with Crippen molar-refractivity contribution in [1.29, 1.82) is 0 Å². The highest BCUT2D eigenvalue weighted by Gasteiger charge is 2.15. The van der Waals surface area contributed by atoms with Gasteiger partial charge in [0.15, 0.2) is 0 Å². The lowest BCUT2D eigenvalue weighted by molar-refractivity contribution is -0.121. The van der Waals surface area contributed by atoms with Gasteiger partial charge in [-0.3, -0.25) is 4.79 Å². The summed E-state index contributed by atoms with van der Waals surface area (Å²) in [6.45, 7) is 4.78. The molecule has 0 aromatic heterocycles. The number of amides is 1. The Labute approximate surface area is 99.4 Å². The summed E-state index contributed by atoms with van der Waals surface area (Å²) in [5, 5.41) is 6.42. The highest BCUT2D eigenvalue weighted by molar-refractivity contribution is 5.78. The first-order valence-electron chi connectivity index (χ1n) is 6.79. The average Bonchev–Trinajstić information content (AvgIpc) is 2.31. The van der Waals surface area contributed by atoms with Crippen LogP contribution in [-0.4, -0.2) is 24.5 Å². The average molecular weight is 226 g/mol. The van der Waals surface area contributed by atoms with E-state index >= 15 is 0 Å². The van der Waals surface area contributed by atoms with Gasteiger partial charge in [-0.1, -0.05) is 33.1 Å². The van der Waals surface area contributed by atoms with E-state index in [1.165, 1.54) is 19.3 Å². The molecule has 1 aliphatic carbocycles. The molecule has 16 heavy (non-hydrogen) atoms. The summed E-state index contributed by atoms with van der Waals surface area (Å²) in [6.07, 6.45) is 8.38. The van der Waals surface area contributed by atoms with Gasteiger partial charge in [0.05, 0.1) is 6.54 Å². The predicted molar refractivity (Wildman–Crippen MR) is 67.4 cm³/mol. The molecule has 0 aromatic carbocycles. The Morgan fingerprint density at radius 2 is 1.81 bits per heavy atom. The van der Waals surface area contributed by atoms with Crippen molar-refractivity contribution in [1.82, 2.24) is 10.6 Å². The molecule has 0 unspecified atom stereocenters. The maximum atomic E-state index is 11.7. The lowest BCUT2D eigenvalue weighted by atomic mass is 9.95. The first-order valence-corrected chi connectivity index (χ1v) is 6.79. The molecule has 0 aliphatic heterocycles. The van der Waals surface area contributed by atoms with Crippen molar-refractivity contribution >= 4 is 5.91 Å². The fourth-order valence-corrected chi connectivity index (χ4v) is 2.34. The van der Waals surface area contributed by atoms with Gasteiger partial charge in [-0.15, -0.1) is 0 Å². The van der Waals surface area contributed by atoms with Gasteiger partial charge in [0.25, 0.3) is 0 Å². The number of nitrogens with one attached hydrogen (secondary N) is 2. The van der Waals surface area contributed by atoms with Crippen LogP contribution < -0.4 is 10.6 Å². The molecule has 0 radical (unpaired) electrons. The Morgan fingerprint density at radius 3 is 2.38 bits per heavy atom. The summed E-state index contributed by atoms with van der Waals surface area (Å²) >= 11 is 0. The van der Waals surface area contributed by atoms with Gasteiger partial charge in [0.1, 0.15) is 0 Å². The van der Waals surface area contributed by atoms with Crippen LogP contribution in [0.2, 0.25) is 0 Å². The lowest BCUT2D eigenvalue weighted by Crippen LogP contribution is -2.43. The second-order valence-corrected chi connectivity index (χ2v) is 4.80. The van der Waals surface area contributed by atoms with Gasteiger partial charge in [-0.2, -0.15) is 0 Å². The zero-order valence-corrected chi connectivity index (χ0v) is 10.7. The van der Waals surface area contributed by atoms with Crippen molar-refractivity contribution in [2.75, 3.05) is 6.54 Å². The molecular weight excluding hydrogens is 200 g/mol. The van der Waals surface area contributed by atoms with Crippen molar-refractivity contribution in [3.8, 4) is 0 Å². The molecule has 0 spiro atoms. The third kappa shape index (κ3) is 4.97. The molecule has 0 atom stereocenters. The van der Waals surface area contributed by atoms with E-state index in [1.54, 1.807) is 0 Å². The highest BCUT2D eigenvalue weighted by Crippen LogP contribution is 2.17. The Balaban J connectivity index is 2.14. The molecule has 94 valence electrons. The normalized spacial score (nSPS) is 17.7. The fourth-order valence-electron chi connectivity index (χ4n) is 2.34. The molecule has 1 amide bonds. The van der Waals surface area contributed by atoms with Gasteiger partial charge < -0.3 is 10.6 Å². The minimum Gasteiger partial charge on any atom is -0.352 e. The Hall–Kier alpha value is -0.570. The van der Waals surface area contributed by atoms with Crippen LogP contribution in [0.5, 0.6) is 0 Å².